The van der Waals surface area contributed by atoms with E-state index in [0.29, 0.717) is 22.7 Å². The van der Waals surface area contributed by atoms with Crippen molar-refractivity contribution < 1.29 is 28.6 Å². The summed E-state index contributed by atoms with van der Waals surface area (Å²) in [6, 6.07) is 19.8. The summed E-state index contributed by atoms with van der Waals surface area (Å²) in [5, 5.41) is 2.62. The lowest BCUT2D eigenvalue weighted by molar-refractivity contribution is -0.119. The summed E-state index contributed by atoms with van der Waals surface area (Å²) in [6.45, 7) is -0.513. The molecule has 0 aromatic heterocycles. The Kier molecular flexibility index (Phi) is 7.01. The van der Waals surface area contributed by atoms with Gasteiger partial charge in [0.2, 0.25) is 0 Å². The van der Waals surface area contributed by atoms with Crippen LogP contribution in [0.15, 0.2) is 72.8 Å². The van der Waals surface area contributed by atoms with E-state index in [-0.39, 0.29) is 16.9 Å². The molecule has 0 atom stereocenters. The molecule has 0 heterocycles. The number of ketones is 1. The molecule has 3 aromatic carbocycles. The van der Waals surface area contributed by atoms with Crippen LogP contribution in [0.4, 0.5) is 5.69 Å². The predicted molar refractivity (Wildman–Crippen MR) is 115 cm³/mol. The number of methoxy groups -OCH3 is 2. The summed E-state index contributed by atoms with van der Waals surface area (Å²) in [5.41, 5.74) is 1.21. The van der Waals surface area contributed by atoms with Gasteiger partial charge in [-0.15, -0.1) is 0 Å². The summed E-state index contributed by atoms with van der Waals surface area (Å²) in [4.78, 5) is 37.5. The highest BCUT2D eigenvalue weighted by Crippen LogP contribution is 2.29. The van der Waals surface area contributed by atoms with Crippen LogP contribution in [-0.4, -0.2) is 38.5 Å². The molecular weight excluding hydrogens is 398 g/mol. The molecule has 7 nitrogen and oxygen atoms in total. The van der Waals surface area contributed by atoms with E-state index in [1.807, 2.05) is 0 Å². The summed E-state index contributed by atoms with van der Waals surface area (Å²) in [7, 11) is 3.00. The highest BCUT2D eigenvalue weighted by molar-refractivity contribution is 6.14. The maximum Gasteiger partial charge on any atom is 0.339 e. The van der Waals surface area contributed by atoms with Crippen molar-refractivity contribution in [2.45, 2.75) is 0 Å². The number of carbonyl (C=O) groups excluding carboxylic acids is 3. The van der Waals surface area contributed by atoms with Crippen LogP contribution in [0.1, 0.15) is 26.3 Å². The van der Waals surface area contributed by atoms with Gasteiger partial charge in [-0.05, 0) is 18.2 Å². The van der Waals surface area contributed by atoms with Gasteiger partial charge in [-0.25, -0.2) is 4.79 Å². The van der Waals surface area contributed by atoms with Crippen LogP contribution in [0.2, 0.25) is 0 Å². The Bertz CT molecular complexity index is 1090. The Morgan fingerprint density at radius 1 is 0.774 bits per heavy atom. The number of rotatable bonds is 8. The van der Waals surface area contributed by atoms with Gasteiger partial charge in [-0.2, -0.15) is 0 Å². The van der Waals surface area contributed by atoms with E-state index in [2.05, 4.69) is 5.32 Å². The zero-order valence-electron chi connectivity index (χ0n) is 17.1. The van der Waals surface area contributed by atoms with E-state index in [1.165, 1.54) is 20.3 Å². The third-order valence-electron chi connectivity index (χ3n) is 4.43. The molecular formula is C24H21NO6. The number of hydrogen-bond donors (Lipinski definition) is 1. The van der Waals surface area contributed by atoms with Crippen LogP contribution in [0.25, 0.3) is 0 Å². The average Bonchev–Trinajstić information content (AvgIpc) is 2.82. The number of benzene rings is 3. The van der Waals surface area contributed by atoms with E-state index < -0.39 is 18.5 Å². The molecule has 0 aliphatic rings. The SMILES string of the molecule is COc1ccc(NC(=O)COC(=O)c2ccccc2C(=O)c2ccccc2)cc1OC. The molecule has 1 amide bonds. The molecule has 1 N–H and O–H groups in total. The van der Waals surface area contributed by atoms with Crippen LogP contribution < -0.4 is 14.8 Å². The molecule has 0 aliphatic heterocycles. The second-order valence-corrected chi connectivity index (χ2v) is 6.43. The normalized spacial score (nSPS) is 10.1. The third kappa shape index (κ3) is 5.27. The van der Waals surface area contributed by atoms with Crippen molar-refractivity contribution in [2.24, 2.45) is 0 Å². The molecule has 3 aromatic rings. The smallest absolute Gasteiger partial charge is 0.339 e. The Hall–Kier alpha value is -4.13. The fourth-order valence-corrected chi connectivity index (χ4v) is 2.92. The van der Waals surface area contributed by atoms with Crippen molar-refractivity contribution in [1.82, 2.24) is 0 Å². The fourth-order valence-electron chi connectivity index (χ4n) is 2.92. The summed E-state index contributed by atoms with van der Waals surface area (Å²) < 4.78 is 15.5. The Labute approximate surface area is 179 Å². The van der Waals surface area contributed by atoms with Crippen molar-refractivity contribution in [2.75, 3.05) is 26.1 Å². The van der Waals surface area contributed by atoms with Crippen LogP contribution >= 0.6 is 0 Å². The van der Waals surface area contributed by atoms with Gasteiger partial charge in [0.1, 0.15) is 0 Å². The Morgan fingerprint density at radius 2 is 1.42 bits per heavy atom. The maximum atomic E-state index is 12.8. The molecule has 0 bridgehead atoms. The van der Waals surface area contributed by atoms with E-state index in [9.17, 15) is 14.4 Å². The van der Waals surface area contributed by atoms with E-state index >= 15 is 0 Å². The molecule has 0 spiro atoms. The number of ether oxygens (including phenoxy) is 3. The van der Waals surface area contributed by atoms with Crippen molar-refractivity contribution in [3.05, 3.63) is 89.5 Å². The molecule has 0 aliphatic carbocycles. The summed E-state index contributed by atoms with van der Waals surface area (Å²) in [5.74, 6) is -0.630. The van der Waals surface area contributed by atoms with Crippen molar-refractivity contribution in [1.29, 1.82) is 0 Å². The number of carbonyl (C=O) groups is 3. The quantitative estimate of drug-likeness (QED) is 0.442. The average molecular weight is 419 g/mol. The maximum absolute atomic E-state index is 12.8. The van der Waals surface area contributed by atoms with Gasteiger partial charge in [0.25, 0.3) is 5.91 Å². The second kappa shape index (κ2) is 10.1. The van der Waals surface area contributed by atoms with Crippen LogP contribution in [-0.2, 0) is 9.53 Å². The van der Waals surface area contributed by atoms with Crippen LogP contribution in [0.3, 0.4) is 0 Å². The Morgan fingerprint density at radius 3 is 2.10 bits per heavy atom. The van der Waals surface area contributed by atoms with Crippen LogP contribution in [0, 0.1) is 0 Å². The lowest BCUT2D eigenvalue weighted by Crippen LogP contribution is -2.22. The number of nitrogens with one attached hydrogen (secondary N) is 1. The first-order chi connectivity index (χ1) is 15.0. The highest BCUT2D eigenvalue weighted by Gasteiger charge is 2.20. The molecule has 0 saturated heterocycles. The first kappa shape index (κ1) is 21.6. The summed E-state index contributed by atoms with van der Waals surface area (Å²) >= 11 is 0. The molecule has 0 radical (unpaired) electrons. The van der Waals surface area contributed by atoms with Crippen molar-refractivity contribution >= 4 is 23.3 Å². The molecule has 0 fully saturated rings. The van der Waals surface area contributed by atoms with Gasteiger partial charge in [0.05, 0.1) is 19.8 Å². The van der Waals surface area contributed by atoms with Gasteiger partial charge in [-0.3, -0.25) is 9.59 Å². The van der Waals surface area contributed by atoms with Gasteiger partial charge in [0, 0.05) is 22.9 Å². The number of amides is 1. The summed E-state index contributed by atoms with van der Waals surface area (Å²) in [6.07, 6.45) is 0. The lowest BCUT2D eigenvalue weighted by Gasteiger charge is -2.11. The zero-order chi connectivity index (χ0) is 22.2. The first-order valence-electron chi connectivity index (χ1n) is 9.41. The topological polar surface area (TPSA) is 90.9 Å². The van der Waals surface area contributed by atoms with Gasteiger partial charge >= 0.3 is 5.97 Å². The Balaban J connectivity index is 1.66. The first-order valence-corrected chi connectivity index (χ1v) is 9.41. The largest absolute Gasteiger partial charge is 0.493 e. The van der Waals surface area contributed by atoms with Gasteiger partial charge in [-0.1, -0.05) is 48.5 Å². The van der Waals surface area contributed by atoms with Crippen molar-refractivity contribution in [3.63, 3.8) is 0 Å². The second-order valence-electron chi connectivity index (χ2n) is 6.43. The molecule has 0 unspecified atom stereocenters. The van der Waals surface area contributed by atoms with E-state index in [4.69, 9.17) is 14.2 Å². The minimum Gasteiger partial charge on any atom is -0.493 e. The molecule has 158 valence electrons. The van der Waals surface area contributed by atoms with Crippen molar-refractivity contribution in [3.8, 4) is 11.5 Å². The monoisotopic (exact) mass is 419 g/mol. The van der Waals surface area contributed by atoms with Gasteiger partial charge < -0.3 is 19.5 Å². The van der Waals surface area contributed by atoms with Crippen LogP contribution in [0.5, 0.6) is 11.5 Å². The van der Waals surface area contributed by atoms with E-state index in [1.54, 1.807) is 66.7 Å². The lowest BCUT2D eigenvalue weighted by atomic mass is 9.98. The fraction of sp³-hybridized carbons (Fsp3) is 0.125. The minimum absolute atomic E-state index is 0.0928. The third-order valence-corrected chi connectivity index (χ3v) is 4.43. The molecule has 31 heavy (non-hydrogen) atoms. The minimum atomic E-state index is -0.762. The molecule has 3 rings (SSSR count). The predicted octanol–water partition coefficient (Wildman–Crippen LogP) is 3.73. The molecule has 7 heteroatoms. The highest BCUT2D eigenvalue weighted by atomic mass is 16.5. The van der Waals surface area contributed by atoms with E-state index in [0.717, 1.165) is 0 Å². The standard InChI is InChI=1S/C24H21NO6/c1-29-20-13-12-17(14-21(20)30-2)25-22(26)15-31-24(28)19-11-7-6-10-18(19)23(27)16-8-4-3-5-9-16/h3-14H,15H2,1-2H3,(H,25,26). The number of esters is 1. The molecule has 0 saturated carbocycles. The number of anilines is 1. The number of hydrogen-bond acceptors (Lipinski definition) is 6. The van der Waals surface area contributed by atoms with Gasteiger partial charge in [0.15, 0.2) is 23.9 Å². The zero-order valence-corrected chi connectivity index (χ0v) is 17.1.